The lowest BCUT2D eigenvalue weighted by molar-refractivity contribution is 0.669. The highest BCUT2D eigenvalue weighted by molar-refractivity contribution is 6.23. The van der Waals surface area contributed by atoms with Gasteiger partial charge in [-0.2, -0.15) is 0 Å². The van der Waals surface area contributed by atoms with Gasteiger partial charge in [-0.05, 0) is 117 Å². The highest BCUT2D eigenvalue weighted by Crippen LogP contribution is 2.43. The second-order valence-corrected chi connectivity index (χ2v) is 18.0. The molecule has 0 spiro atoms. The number of nitrogens with zero attached hydrogens (tertiary/aromatic N) is 5. The Kier molecular flexibility index (Phi) is 7.97. The molecule has 69 heavy (non-hydrogen) atoms. The van der Waals surface area contributed by atoms with Gasteiger partial charge in [0.05, 0.1) is 22.1 Å². The van der Waals surface area contributed by atoms with E-state index in [9.17, 15) is 0 Å². The summed E-state index contributed by atoms with van der Waals surface area (Å²) in [6, 6.07) is 79.8. The molecule has 0 bridgehead atoms. The molecular formula is C63H37N5O. The maximum atomic E-state index is 6.77. The Hall–Kier alpha value is -9.39. The van der Waals surface area contributed by atoms with Crippen molar-refractivity contribution < 1.29 is 4.42 Å². The number of para-hydroxylation sites is 4. The van der Waals surface area contributed by atoms with Gasteiger partial charge in [0, 0.05) is 60.4 Å². The van der Waals surface area contributed by atoms with Crippen molar-refractivity contribution in [2.75, 3.05) is 0 Å². The molecule has 15 aromatic rings. The predicted octanol–water partition coefficient (Wildman–Crippen LogP) is 16.4. The first-order valence-corrected chi connectivity index (χ1v) is 23.3. The van der Waals surface area contributed by atoms with Crippen LogP contribution in [0, 0.1) is 0 Å². The van der Waals surface area contributed by atoms with E-state index in [0.717, 1.165) is 104 Å². The van der Waals surface area contributed by atoms with Crippen LogP contribution < -0.4 is 0 Å². The van der Waals surface area contributed by atoms with Crippen LogP contribution in [-0.2, 0) is 0 Å². The van der Waals surface area contributed by atoms with E-state index < -0.39 is 0 Å². The van der Waals surface area contributed by atoms with Gasteiger partial charge in [-0.1, -0.05) is 140 Å². The zero-order chi connectivity index (χ0) is 45.2. The maximum Gasteiger partial charge on any atom is 0.164 e. The number of furan rings is 1. The summed E-state index contributed by atoms with van der Waals surface area (Å²) in [7, 11) is 0. The Balaban J connectivity index is 0.997. The molecule has 4 aromatic heterocycles. The van der Waals surface area contributed by atoms with Crippen LogP contribution in [0.1, 0.15) is 0 Å². The van der Waals surface area contributed by atoms with Gasteiger partial charge in [0.2, 0.25) is 0 Å². The highest BCUT2D eigenvalue weighted by Gasteiger charge is 2.22. The summed E-state index contributed by atoms with van der Waals surface area (Å²) in [4.78, 5) is 16.1. The van der Waals surface area contributed by atoms with E-state index in [0.29, 0.717) is 17.5 Å². The van der Waals surface area contributed by atoms with Gasteiger partial charge < -0.3 is 13.6 Å². The molecule has 0 atom stereocenters. The van der Waals surface area contributed by atoms with Gasteiger partial charge in [0.15, 0.2) is 17.5 Å². The fraction of sp³-hybridized carbons (Fsp3) is 0. The fourth-order valence-corrected chi connectivity index (χ4v) is 10.9. The standard InChI is InChI=1S/C63H37N5O/c1-2-18-44(19-3-1)67-54-23-11-8-20-47(54)50-34-43(28-31-56(50)67)62-64-61(42-27-26-38-14-4-5-15-39(38)32-42)65-63(66-62)53-37-59-60(49-22-10-13-25-58(49)69-59)52-36-45(29-30-46(52)53)68-55-24-12-9-21-48(55)51-33-40-16-6-7-17-41(40)35-57(51)68/h1-37H. The Bertz CT molecular complexity index is 4620. The monoisotopic (exact) mass is 879 g/mol. The molecule has 11 aromatic carbocycles. The summed E-state index contributed by atoms with van der Waals surface area (Å²) in [6.45, 7) is 0. The summed E-state index contributed by atoms with van der Waals surface area (Å²) >= 11 is 0. The lowest BCUT2D eigenvalue weighted by atomic mass is 9.97. The van der Waals surface area contributed by atoms with Crippen LogP contribution >= 0.6 is 0 Å². The number of aromatic nitrogens is 5. The first-order chi connectivity index (χ1) is 34.2. The number of hydrogen-bond donors (Lipinski definition) is 0. The minimum Gasteiger partial charge on any atom is -0.456 e. The van der Waals surface area contributed by atoms with E-state index in [1.807, 2.05) is 12.1 Å². The second kappa shape index (κ2) is 14.6. The summed E-state index contributed by atoms with van der Waals surface area (Å²) in [6.07, 6.45) is 0. The molecule has 0 aliphatic carbocycles. The molecule has 0 aliphatic heterocycles. The van der Waals surface area contributed by atoms with E-state index in [4.69, 9.17) is 19.4 Å². The largest absolute Gasteiger partial charge is 0.456 e. The molecule has 15 rings (SSSR count). The first-order valence-electron chi connectivity index (χ1n) is 23.3. The molecule has 0 amide bonds. The number of rotatable bonds is 5. The van der Waals surface area contributed by atoms with E-state index >= 15 is 0 Å². The van der Waals surface area contributed by atoms with Crippen molar-refractivity contribution >= 4 is 97.9 Å². The normalized spacial score (nSPS) is 12.1. The minimum atomic E-state index is 0.568. The Morgan fingerprint density at radius 2 is 0.855 bits per heavy atom. The molecule has 6 heteroatoms. The van der Waals surface area contributed by atoms with E-state index in [2.05, 4.69) is 221 Å². The van der Waals surface area contributed by atoms with Crippen LogP contribution in [0.25, 0.3) is 143 Å². The molecule has 0 fully saturated rings. The van der Waals surface area contributed by atoms with Gasteiger partial charge in [0.1, 0.15) is 11.2 Å². The van der Waals surface area contributed by atoms with Gasteiger partial charge in [-0.15, -0.1) is 0 Å². The highest BCUT2D eigenvalue weighted by atomic mass is 16.3. The third-order valence-electron chi connectivity index (χ3n) is 14.1. The number of benzene rings is 11. The Morgan fingerprint density at radius 3 is 1.62 bits per heavy atom. The van der Waals surface area contributed by atoms with Crippen LogP contribution in [0.2, 0.25) is 0 Å². The van der Waals surface area contributed by atoms with Crippen LogP contribution in [-0.4, -0.2) is 24.1 Å². The lowest BCUT2D eigenvalue weighted by Crippen LogP contribution is -2.01. The maximum absolute atomic E-state index is 6.77. The van der Waals surface area contributed by atoms with Crippen LogP contribution in [0.5, 0.6) is 0 Å². The van der Waals surface area contributed by atoms with Crippen molar-refractivity contribution in [3.63, 3.8) is 0 Å². The lowest BCUT2D eigenvalue weighted by Gasteiger charge is -2.14. The second-order valence-electron chi connectivity index (χ2n) is 18.0. The van der Waals surface area contributed by atoms with Crippen LogP contribution in [0.15, 0.2) is 229 Å². The van der Waals surface area contributed by atoms with Gasteiger partial charge >= 0.3 is 0 Å². The molecule has 0 saturated heterocycles. The molecular weight excluding hydrogens is 843 g/mol. The average molecular weight is 880 g/mol. The average Bonchev–Trinajstić information content (AvgIpc) is 4.07. The molecule has 0 unspecified atom stereocenters. The molecule has 6 nitrogen and oxygen atoms in total. The van der Waals surface area contributed by atoms with Crippen molar-refractivity contribution in [2.24, 2.45) is 0 Å². The zero-order valence-electron chi connectivity index (χ0n) is 37.0. The van der Waals surface area contributed by atoms with E-state index in [1.54, 1.807) is 0 Å². The van der Waals surface area contributed by atoms with Gasteiger partial charge in [0.25, 0.3) is 0 Å². The summed E-state index contributed by atoms with van der Waals surface area (Å²) in [5.74, 6) is 1.76. The first kappa shape index (κ1) is 37.8. The smallest absolute Gasteiger partial charge is 0.164 e. The fourth-order valence-electron chi connectivity index (χ4n) is 10.9. The molecule has 0 saturated carbocycles. The third kappa shape index (κ3) is 5.76. The summed E-state index contributed by atoms with van der Waals surface area (Å²) in [5, 5.41) is 13.6. The Labute approximate surface area is 394 Å². The number of hydrogen-bond acceptors (Lipinski definition) is 4. The minimum absolute atomic E-state index is 0.568. The summed E-state index contributed by atoms with van der Waals surface area (Å²) in [5.41, 5.74) is 11.0. The molecule has 0 N–H and O–H groups in total. The topological polar surface area (TPSA) is 61.7 Å². The molecule has 4 heterocycles. The summed E-state index contributed by atoms with van der Waals surface area (Å²) < 4.78 is 11.5. The molecule has 320 valence electrons. The third-order valence-corrected chi connectivity index (χ3v) is 14.1. The van der Waals surface area contributed by atoms with Crippen molar-refractivity contribution in [3.05, 3.63) is 224 Å². The van der Waals surface area contributed by atoms with Crippen molar-refractivity contribution in [1.29, 1.82) is 0 Å². The van der Waals surface area contributed by atoms with Crippen molar-refractivity contribution in [3.8, 4) is 45.5 Å². The van der Waals surface area contributed by atoms with Crippen LogP contribution in [0.4, 0.5) is 0 Å². The van der Waals surface area contributed by atoms with Crippen molar-refractivity contribution in [1.82, 2.24) is 24.1 Å². The van der Waals surface area contributed by atoms with Crippen molar-refractivity contribution in [2.45, 2.75) is 0 Å². The van der Waals surface area contributed by atoms with Crippen LogP contribution in [0.3, 0.4) is 0 Å². The SMILES string of the molecule is c1ccc(-n2c3ccccc3c3cc(-c4nc(-c5ccc6ccccc6c5)nc(-c5cc6oc7ccccc7c6c6cc(-n7c8ccccc8c8cc9ccccc9cc87)ccc56)n4)ccc32)cc1. The molecule has 0 aliphatic rings. The zero-order valence-corrected chi connectivity index (χ0v) is 37.0. The van der Waals surface area contributed by atoms with Gasteiger partial charge in [-0.25, -0.2) is 15.0 Å². The molecule has 0 radical (unpaired) electrons. The van der Waals surface area contributed by atoms with E-state index in [1.165, 1.54) is 21.5 Å². The predicted molar refractivity (Wildman–Crippen MR) is 285 cm³/mol. The quantitative estimate of drug-likeness (QED) is 0.173. The number of fused-ring (bicyclic) bond motifs is 13. The van der Waals surface area contributed by atoms with Gasteiger partial charge in [-0.3, -0.25) is 0 Å². The van der Waals surface area contributed by atoms with E-state index in [-0.39, 0.29) is 0 Å². The Morgan fingerprint density at radius 1 is 0.290 bits per heavy atom.